The zero-order valence-corrected chi connectivity index (χ0v) is 17.8. The Morgan fingerprint density at radius 1 is 1.16 bits per heavy atom. The van der Waals surface area contributed by atoms with Crippen LogP contribution in [0.15, 0.2) is 68.2 Å². The van der Waals surface area contributed by atoms with E-state index in [0.717, 1.165) is 5.56 Å². The molecule has 0 bridgehead atoms. The van der Waals surface area contributed by atoms with Crippen molar-refractivity contribution < 1.29 is 19.0 Å². The van der Waals surface area contributed by atoms with Gasteiger partial charge in [0.25, 0.3) is 5.91 Å². The maximum Gasteiger partial charge on any atom is 0.276 e. The number of rotatable bonds is 5. The monoisotopic (exact) mass is 502 g/mol. The number of anilines is 2. The van der Waals surface area contributed by atoms with Crippen LogP contribution in [0.2, 0.25) is 0 Å². The average Bonchev–Trinajstić information content (AvgIpc) is 3.45. The molecule has 0 unspecified atom stereocenters. The summed E-state index contributed by atoms with van der Waals surface area (Å²) in [6.45, 7) is 0. The lowest BCUT2D eigenvalue weighted by molar-refractivity contribution is 0.102. The van der Waals surface area contributed by atoms with E-state index in [2.05, 4.69) is 51.6 Å². The number of oxime groups is 1. The molecule has 31 heavy (non-hydrogen) atoms. The average molecular weight is 503 g/mol. The highest BCUT2D eigenvalue weighted by Gasteiger charge is 2.22. The summed E-state index contributed by atoms with van der Waals surface area (Å²) in [7, 11) is 0. The summed E-state index contributed by atoms with van der Waals surface area (Å²) in [5.74, 6) is -1.25. The van der Waals surface area contributed by atoms with Gasteiger partial charge in [0.2, 0.25) is 11.7 Å². The molecule has 0 fully saturated rings. The molecule has 0 aliphatic carbocycles. The Kier molecular flexibility index (Phi) is 6.00. The fraction of sp³-hybridized carbons (Fsp3) is 0. The van der Waals surface area contributed by atoms with Crippen LogP contribution in [0, 0.1) is 5.82 Å². The van der Waals surface area contributed by atoms with Gasteiger partial charge in [-0.1, -0.05) is 35.5 Å². The fourth-order valence-electron chi connectivity index (χ4n) is 2.53. The molecule has 2 aromatic carbocycles. The molecule has 156 valence electrons. The number of benzene rings is 2. The van der Waals surface area contributed by atoms with Gasteiger partial charge in [-0.3, -0.25) is 4.79 Å². The third-order valence-corrected chi connectivity index (χ3v) is 5.48. The highest BCUT2D eigenvalue weighted by molar-refractivity contribution is 9.10. The molecule has 1 amide bonds. The first-order valence-corrected chi connectivity index (χ1v) is 10.3. The van der Waals surface area contributed by atoms with E-state index in [0.29, 0.717) is 10.7 Å². The maximum absolute atomic E-state index is 13.4. The Hall–Kier alpha value is -3.64. The van der Waals surface area contributed by atoms with Crippen molar-refractivity contribution in [2.24, 2.45) is 5.16 Å². The van der Waals surface area contributed by atoms with Crippen molar-refractivity contribution in [2.75, 3.05) is 10.6 Å². The van der Waals surface area contributed by atoms with Crippen LogP contribution in [0.4, 0.5) is 15.9 Å². The van der Waals surface area contributed by atoms with Gasteiger partial charge in [-0.2, -0.15) is 0 Å². The Bertz CT molecular complexity index is 1260. The number of nitrogens with zero attached hydrogens (tertiary/aromatic N) is 4. The number of amides is 1. The number of thiazole rings is 1. The van der Waals surface area contributed by atoms with E-state index in [-0.39, 0.29) is 27.5 Å². The number of carbonyl (C=O) groups is 1. The summed E-state index contributed by atoms with van der Waals surface area (Å²) in [5.41, 5.74) is 1.40. The number of amidine groups is 1. The first-order chi connectivity index (χ1) is 15.0. The lowest BCUT2D eigenvalue weighted by atomic mass is 10.2. The van der Waals surface area contributed by atoms with Gasteiger partial charge < -0.3 is 15.8 Å². The smallest absolute Gasteiger partial charge is 0.276 e. The molecular weight excluding hydrogens is 491 g/mol. The van der Waals surface area contributed by atoms with Crippen molar-refractivity contribution in [3.05, 3.63) is 75.6 Å². The molecule has 0 aliphatic rings. The normalized spacial score (nSPS) is 11.4. The molecule has 9 nitrogen and oxygen atoms in total. The van der Waals surface area contributed by atoms with E-state index >= 15 is 0 Å². The van der Waals surface area contributed by atoms with E-state index in [1.807, 2.05) is 30.3 Å². The van der Waals surface area contributed by atoms with Gasteiger partial charge in [0.1, 0.15) is 16.5 Å². The van der Waals surface area contributed by atoms with E-state index in [9.17, 15) is 14.4 Å². The molecule has 0 saturated heterocycles. The summed E-state index contributed by atoms with van der Waals surface area (Å²) in [4.78, 5) is 16.9. The third kappa shape index (κ3) is 4.59. The van der Waals surface area contributed by atoms with E-state index < -0.39 is 11.7 Å². The van der Waals surface area contributed by atoms with Gasteiger partial charge in [-0.05, 0) is 44.4 Å². The van der Waals surface area contributed by atoms with Crippen LogP contribution in [0.5, 0.6) is 0 Å². The highest BCUT2D eigenvalue weighted by Crippen LogP contribution is 2.24. The minimum atomic E-state index is -0.544. The Balaban J connectivity index is 1.52. The van der Waals surface area contributed by atoms with E-state index in [4.69, 9.17) is 0 Å². The van der Waals surface area contributed by atoms with E-state index in [1.54, 1.807) is 5.38 Å². The first kappa shape index (κ1) is 20.6. The molecule has 4 rings (SSSR count). The lowest BCUT2D eigenvalue weighted by Gasteiger charge is -2.07. The molecule has 4 aromatic rings. The SMILES string of the molecule is O=C(Nc1nonc1C(=NO)Nc1ccc(F)c(Br)c1)c1csc(-c2ccccc2)n1. The minimum Gasteiger partial charge on any atom is -0.409 e. The van der Waals surface area contributed by atoms with Gasteiger partial charge in [0, 0.05) is 16.6 Å². The Morgan fingerprint density at radius 2 is 1.97 bits per heavy atom. The molecule has 0 radical (unpaired) electrons. The third-order valence-electron chi connectivity index (χ3n) is 3.98. The molecule has 0 aliphatic heterocycles. The van der Waals surface area contributed by atoms with Gasteiger partial charge in [0.05, 0.1) is 4.47 Å². The molecule has 2 heterocycles. The zero-order chi connectivity index (χ0) is 21.8. The molecule has 12 heteroatoms. The van der Waals surface area contributed by atoms with Crippen molar-refractivity contribution in [3.63, 3.8) is 0 Å². The number of halogens is 2. The molecule has 2 aromatic heterocycles. The zero-order valence-electron chi connectivity index (χ0n) is 15.4. The predicted octanol–water partition coefficient (Wildman–Crippen LogP) is 4.59. The predicted molar refractivity (Wildman–Crippen MR) is 116 cm³/mol. The van der Waals surface area contributed by atoms with Gasteiger partial charge in [0.15, 0.2) is 5.69 Å². The van der Waals surface area contributed by atoms with Gasteiger partial charge in [-0.15, -0.1) is 11.3 Å². The van der Waals surface area contributed by atoms with Crippen LogP contribution in [0.25, 0.3) is 10.6 Å². The topological polar surface area (TPSA) is 126 Å². The van der Waals surface area contributed by atoms with Crippen molar-refractivity contribution in [2.45, 2.75) is 0 Å². The summed E-state index contributed by atoms with van der Waals surface area (Å²) >= 11 is 4.39. The largest absolute Gasteiger partial charge is 0.409 e. The van der Waals surface area contributed by atoms with Crippen molar-refractivity contribution in [1.82, 2.24) is 15.3 Å². The van der Waals surface area contributed by atoms with Gasteiger partial charge in [-0.25, -0.2) is 14.0 Å². The van der Waals surface area contributed by atoms with Crippen molar-refractivity contribution >= 4 is 50.5 Å². The van der Waals surface area contributed by atoms with Crippen LogP contribution in [-0.4, -0.2) is 32.2 Å². The second kappa shape index (κ2) is 9.02. The Morgan fingerprint density at radius 3 is 2.71 bits per heavy atom. The lowest BCUT2D eigenvalue weighted by Crippen LogP contribution is -2.19. The number of carbonyl (C=O) groups excluding carboxylic acids is 1. The Labute approximate surface area is 186 Å². The molecule has 3 N–H and O–H groups in total. The standard InChI is InChI=1S/C19H12BrFN6O3S/c20-12-8-11(6-7-13(12)21)22-16(25-29)15-17(27-30-26-15)24-18(28)14-9-31-19(23-14)10-4-2-1-3-5-10/h1-9,29H,(H,22,25)(H,24,27,28). The van der Waals surface area contributed by atoms with Crippen LogP contribution in [0.1, 0.15) is 16.2 Å². The van der Waals surface area contributed by atoms with E-state index in [1.165, 1.54) is 29.5 Å². The summed E-state index contributed by atoms with van der Waals surface area (Å²) in [6, 6.07) is 13.5. The highest BCUT2D eigenvalue weighted by atomic mass is 79.9. The van der Waals surface area contributed by atoms with Crippen LogP contribution in [0.3, 0.4) is 0 Å². The number of hydrogen-bond acceptors (Lipinski definition) is 8. The minimum absolute atomic E-state index is 0.0604. The van der Waals surface area contributed by atoms with Crippen LogP contribution < -0.4 is 10.6 Å². The molecule has 0 spiro atoms. The second-order valence-corrected chi connectivity index (χ2v) is 7.73. The van der Waals surface area contributed by atoms with Crippen molar-refractivity contribution in [3.8, 4) is 10.6 Å². The number of nitrogens with one attached hydrogen (secondary N) is 2. The maximum atomic E-state index is 13.4. The molecular formula is C19H12BrFN6O3S. The fourth-order valence-corrected chi connectivity index (χ4v) is 3.72. The van der Waals surface area contributed by atoms with Crippen LogP contribution in [-0.2, 0) is 0 Å². The van der Waals surface area contributed by atoms with Crippen LogP contribution >= 0.6 is 27.3 Å². The summed E-state index contributed by atoms with van der Waals surface area (Å²) in [5, 5.41) is 27.4. The quantitative estimate of drug-likeness (QED) is 0.157. The first-order valence-electron chi connectivity index (χ1n) is 8.64. The van der Waals surface area contributed by atoms with Gasteiger partial charge >= 0.3 is 0 Å². The number of hydrogen-bond donors (Lipinski definition) is 3. The summed E-state index contributed by atoms with van der Waals surface area (Å²) < 4.78 is 18.3. The summed E-state index contributed by atoms with van der Waals surface area (Å²) in [6.07, 6.45) is 0. The molecule has 0 atom stereocenters. The second-order valence-electron chi connectivity index (χ2n) is 6.02. The van der Waals surface area contributed by atoms with Crippen molar-refractivity contribution in [1.29, 1.82) is 0 Å². The number of aromatic nitrogens is 3. The molecule has 0 saturated carbocycles.